The van der Waals surface area contributed by atoms with Crippen LogP contribution in [0, 0.1) is 45.6 Å². The van der Waals surface area contributed by atoms with Gasteiger partial charge in [0.05, 0.1) is 10.9 Å². The minimum absolute atomic E-state index is 0.00820. The minimum atomic E-state index is -1.37. The van der Waals surface area contributed by atoms with E-state index in [-0.39, 0.29) is 17.0 Å². The third kappa shape index (κ3) is 2.22. The van der Waals surface area contributed by atoms with Crippen molar-refractivity contribution in [3.05, 3.63) is 46.5 Å². The zero-order valence-electron chi connectivity index (χ0n) is 15.0. The van der Waals surface area contributed by atoms with Gasteiger partial charge in [-0.2, -0.15) is 0 Å². The van der Waals surface area contributed by atoms with Gasteiger partial charge in [-0.25, -0.2) is 0 Å². The van der Waals surface area contributed by atoms with Gasteiger partial charge < -0.3 is 14.6 Å². The van der Waals surface area contributed by atoms with Gasteiger partial charge in [0, 0.05) is 17.5 Å². The van der Waals surface area contributed by atoms with Gasteiger partial charge in [-0.1, -0.05) is 6.58 Å². The lowest BCUT2D eigenvalue weighted by Crippen LogP contribution is -2.47. The number of hydrogen-bond donors (Lipinski definition) is 0. The van der Waals surface area contributed by atoms with Crippen LogP contribution >= 0.6 is 0 Å². The highest BCUT2D eigenvalue weighted by Gasteiger charge is 2.67. The van der Waals surface area contributed by atoms with E-state index >= 15 is 0 Å². The smallest absolute Gasteiger partial charge is 0.311 e. The Balaban J connectivity index is 1.52. The molecule has 0 aromatic heterocycles. The molecule has 6 heteroatoms. The molecule has 4 saturated carbocycles. The number of fused-ring (bicyclic) bond motifs is 9. The molecular weight excluding hydrogens is 346 g/mol. The van der Waals surface area contributed by atoms with Gasteiger partial charge in [0.2, 0.25) is 0 Å². The molecule has 27 heavy (non-hydrogen) atoms. The van der Waals surface area contributed by atoms with E-state index in [4.69, 9.17) is 4.74 Å². The second-order valence-corrected chi connectivity index (χ2v) is 8.78. The molecule has 4 aliphatic carbocycles. The molecule has 4 bridgehead atoms. The summed E-state index contributed by atoms with van der Waals surface area (Å²) in [5.74, 6) is 2.50. The fourth-order valence-electron chi connectivity index (χ4n) is 7.09. The number of nitrogens with zero attached hydrogens (tertiary/aromatic N) is 1. The largest absolute Gasteiger partial charge is 0.545 e. The number of aromatic carboxylic acids is 1. The molecule has 5 rings (SSSR count). The number of ether oxygens (including phenoxy) is 1. The summed E-state index contributed by atoms with van der Waals surface area (Å²) in [4.78, 5) is 22.2. The lowest BCUT2D eigenvalue weighted by Gasteiger charge is -2.44. The third-order valence-corrected chi connectivity index (χ3v) is 7.86. The average molecular weight is 368 g/mol. The number of benzene rings is 1. The first-order valence-electron chi connectivity index (χ1n) is 9.76. The van der Waals surface area contributed by atoms with Gasteiger partial charge in [-0.05, 0) is 79.9 Å². The molecule has 0 saturated heterocycles. The summed E-state index contributed by atoms with van der Waals surface area (Å²) in [5.41, 5.74) is -0.977. The Labute approximate surface area is 157 Å². The Bertz CT molecular complexity index is 851. The Morgan fingerprint density at radius 3 is 2.63 bits per heavy atom. The number of rotatable bonds is 5. The summed E-state index contributed by atoms with van der Waals surface area (Å²) in [7, 11) is 0. The van der Waals surface area contributed by atoms with Crippen LogP contribution in [0.4, 0.5) is 5.69 Å². The second kappa shape index (κ2) is 5.57. The van der Waals surface area contributed by atoms with Crippen LogP contribution in [0.2, 0.25) is 0 Å². The molecular formula is C21H22NO5-. The van der Waals surface area contributed by atoms with E-state index in [9.17, 15) is 20.0 Å². The van der Waals surface area contributed by atoms with Crippen molar-refractivity contribution in [1.29, 1.82) is 0 Å². The molecule has 4 aliphatic rings. The summed E-state index contributed by atoms with van der Waals surface area (Å²) in [6, 6.07) is 3.60. The average Bonchev–Trinajstić information content (AvgIpc) is 3.40. The Kier molecular flexibility index (Phi) is 3.46. The molecule has 0 heterocycles. The molecule has 0 amide bonds. The van der Waals surface area contributed by atoms with Crippen LogP contribution in [-0.4, -0.2) is 16.5 Å². The van der Waals surface area contributed by atoms with Gasteiger partial charge in [-0.3, -0.25) is 10.1 Å². The normalized spacial score (nSPS) is 40.7. The van der Waals surface area contributed by atoms with Crippen LogP contribution in [0.3, 0.4) is 0 Å². The molecule has 7 unspecified atom stereocenters. The maximum Gasteiger partial charge on any atom is 0.311 e. The van der Waals surface area contributed by atoms with Crippen molar-refractivity contribution in [2.75, 3.05) is 0 Å². The van der Waals surface area contributed by atoms with Crippen LogP contribution in [0.25, 0.3) is 0 Å². The predicted octanol–water partition coefficient (Wildman–Crippen LogP) is 2.96. The Hall–Kier alpha value is -2.37. The van der Waals surface area contributed by atoms with E-state index in [0.29, 0.717) is 17.8 Å². The number of carboxylic acid groups (broad SMARTS) is 1. The van der Waals surface area contributed by atoms with Gasteiger partial charge >= 0.3 is 5.69 Å². The van der Waals surface area contributed by atoms with Crippen molar-refractivity contribution in [3.8, 4) is 5.75 Å². The van der Waals surface area contributed by atoms with Gasteiger partial charge in [0.25, 0.3) is 0 Å². The van der Waals surface area contributed by atoms with Crippen molar-refractivity contribution in [1.82, 2.24) is 0 Å². The molecule has 0 aliphatic heterocycles. The lowest BCUT2D eigenvalue weighted by atomic mass is 9.65. The molecule has 6 nitrogen and oxygen atoms in total. The van der Waals surface area contributed by atoms with E-state index in [1.54, 1.807) is 0 Å². The molecule has 0 spiro atoms. The van der Waals surface area contributed by atoms with E-state index in [1.807, 2.05) is 6.08 Å². The summed E-state index contributed by atoms with van der Waals surface area (Å²) in [5, 5.41) is 22.7. The number of carboxylic acids is 1. The van der Waals surface area contributed by atoms with Crippen LogP contribution in [0.5, 0.6) is 5.75 Å². The van der Waals surface area contributed by atoms with E-state index in [1.165, 1.54) is 37.5 Å². The van der Waals surface area contributed by atoms with Crippen molar-refractivity contribution >= 4 is 11.7 Å². The number of nitro groups is 1. The lowest BCUT2D eigenvalue weighted by molar-refractivity contribution is -0.386. The number of carbonyl (C=O) groups is 1. The predicted molar refractivity (Wildman–Crippen MR) is 95.0 cm³/mol. The minimum Gasteiger partial charge on any atom is -0.545 e. The zero-order valence-corrected chi connectivity index (χ0v) is 15.0. The SMILES string of the molecule is C=CC1(Oc2cc(C(=O)[O-])ccc2[N+](=O)[O-])CC2CC1C1C3CCC(C3)C21. The highest BCUT2D eigenvalue weighted by molar-refractivity contribution is 5.87. The maximum absolute atomic E-state index is 11.5. The first-order valence-corrected chi connectivity index (χ1v) is 9.76. The summed E-state index contributed by atoms with van der Waals surface area (Å²) >= 11 is 0. The zero-order chi connectivity index (χ0) is 18.9. The molecule has 7 atom stereocenters. The maximum atomic E-state index is 11.5. The van der Waals surface area contributed by atoms with Gasteiger partial charge in [0.15, 0.2) is 5.75 Å². The summed E-state index contributed by atoms with van der Waals surface area (Å²) in [6.07, 6.45) is 7.66. The van der Waals surface area contributed by atoms with Gasteiger partial charge in [-0.15, -0.1) is 0 Å². The molecule has 142 valence electrons. The highest BCUT2D eigenvalue weighted by atomic mass is 16.6. The fourth-order valence-corrected chi connectivity index (χ4v) is 7.09. The number of carbonyl (C=O) groups excluding carboxylic acids is 1. The van der Waals surface area contributed by atoms with Crippen molar-refractivity contribution in [2.45, 2.75) is 37.7 Å². The van der Waals surface area contributed by atoms with E-state index in [0.717, 1.165) is 30.6 Å². The van der Waals surface area contributed by atoms with Gasteiger partial charge in [0.1, 0.15) is 5.60 Å². The standard InChI is InChI=1S/C21H23NO5/c1-2-21(27-17-9-13(20(23)24)5-6-16(17)22(25)26)10-14-8-15(21)19-12-4-3-11(7-12)18(14)19/h2,5-6,9,11-12,14-15,18-19H,1,3-4,7-8,10H2,(H,23,24)/p-1. The first-order chi connectivity index (χ1) is 12.9. The number of nitro benzene ring substituents is 1. The van der Waals surface area contributed by atoms with E-state index < -0.39 is 16.5 Å². The monoisotopic (exact) mass is 368 g/mol. The van der Waals surface area contributed by atoms with Crippen LogP contribution in [-0.2, 0) is 0 Å². The van der Waals surface area contributed by atoms with Crippen molar-refractivity contribution < 1.29 is 19.6 Å². The number of hydrogen-bond acceptors (Lipinski definition) is 5. The van der Waals surface area contributed by atoms with E-state index in [2.05, 4.69) is 6.58 Å². The molecule has 0 N–H and O–H groups in total. The van der Waals surface area contributed by atoms with Crippen molar-refractivity contribution in [3.63, 3.8) is 0 Å². The third-order valence-electron chi connectivity index (χ3n) is 7.86. The Morgan fingerprint density at radius 1 is 1.22 bits per heavy atom. The molecule has 0 radical (unpaired) electrons. The van der Waals surface area contributed by atoms with Crippen LogP contribution in [0.1, 0.15) is 42.5 Å². The molecule has 4 fully saturated rings. The first kappa shape index (κ1) is 16.8. The molecule has 1 aromatic rings. The Morgan fingerprint density at radius 2 is 1.96 bits per heavy atom. The van der Waals surface area contributed by atoms with Crippen LogP contribution in [0.15, 0.2) is 30.9 Å². The molecule has 1 aromatic carbocycles. The highest BCUT2D eigenvalue weighted by Crippen LogP contribution is 2.70. The summed E-state index contributed by atoms with van der Waals surface area (Å²) < 4.78 is 6.29. The second-order valence-electron chi connectivity index (χ2n) is 8.78. The summed E-state index contributed by atoms with van der Waals surface area (Å²) in [6.45, 7) is 4.01. The topological polar surface area (TPSA) is 92.5 Å². The van der Waals surface area contributed by atoms with Crippen LogP contribution < -0.4 is 9.84 Å². The quantitative estimate of drug-likeness (QED) is 0.345. The fraction of sp³-hybridized carbons (Fsp3) is 0.571. The van der Waals surface area contributed by atoms with Crippen molar-refractivity contribution in [2.24, 2.45) is 35.5 Å².